The standard InChI is InChI=1S/C16H33N3O2/c1-12(2)14(10-17-15(20)21-16(3,4)5)18-13-8-7-9-19(6)11-13/h12-14,18H,7-11H2,1-6H3,(H,17,20). The van der Waals surface area contributed by atoms with Crippen molar-refractivity contribution in [3.05, 3.63) is 0 Å². The fourth-order valence-corrected chi connectivity index (χ4v) is 2.60. The number of likely N-dealkylation sites (tertiary alicyclic amines) is 1. The molecule has 0 aromatic rings. The van der Waals surface area contributed by atoms with Crippen LogP contribution in [0.15, 0.2) is 0 Å². The molecular formula is C16H33N3O2. The zero-order valence-electron chi connectivity index (χ0n) is 14.5. The molecule has 5 nitrogen and oxygen atoms in total. The molecule has 1 rings (SSSR count). The molecular weight excluding hydrogens is 266 g/mol. The molecule has 0 saturated carbocycles. The highest BCUT2D eigenvalue weighted by Crippen LogP contribution is 2.11. The zero-order chi connectivity index (χ0) is 16.0. The number of alkyl carbamates (subject to hydrolysis) is 1. The summed E-state index contributed by atoms with van der Waals surface area (Å²) in [6.45, 7) is 12.9. The van der Waals surface area contributed by atoms with Crippen molar-refractivity contribution >= 4 is 6.09 Å². The van der Waals surface area contributed by atoms with Crippen LogP contribution >= 0.6 is 0 Å². The number of hydrogen-bond acceptors (Lipinski definition) is 4. The number of ether oxygens (including phenoxy) is 1. The van der Waals surface area contributed by atoms with Gasteiger partial charge in [0.05, 0.1) is 0 Å². The van der Waals surface area contributed by atoms with E-state index in [4.69, 9.17) is 4.74 Å². The van der Waals surface area contributed by atoms with Gasteiger partial charge in [-0.3, -0.25) is 0 Å². The number of nitrogens with one attached hydrogen (secondary N) is 2. The van der Waals surface area contributed by atoms with E-state index in [2.05, 4.69) is 36.4 Å². The predicted molar refractivity (Wildman–Crippen MR) is 86.5 cm³/mol. The number of carbonyl (C=O) groups excluding carboxylic acids is 1. The van der Waals surface area contributed by atoms with Crippen molar-refractivity contribution in [3.63, 3.8) is 0 Å². The zero-order valence-corrected chi connectivity index (χ0v) is 14.5. The van der Waals surface area contributed by atoms with Crippen LogP contribution in [0.3, 0.4) is 0 Å². The summed E-state index contributed by atoms with van der Waals surface area (Å²) in [6, 6.07) is 0.783. The number of nitrogens with zero attached hydrogens (tertiary/aromatic N) is 1. The second kappa shape index (κ2) is 7.99. The average molecular weight is 299 g/mol. The summed E-state index contributed by atoms with van der Waals surface area (Å²) in [5.74, 6) is 0.465. The first-order valence-corrected chi connectivity index (χ1v) is 8.09. The Hall–Kier alpha value is -0.810. The van der Waals surface area contributed by atoms with Crippen LogP contribution in [0.2, 0.25) is 0 Å². The minimum absolute atomic E-state index is 0.272. The van der Waals surface area contributed by atoms with E-state index < -0.39 is 5.60 Å². The van der Waals surface area contributed by atoms with Gasteiger partial charge < -0.3 is 20.3 Å². The van der Waals surface area contributed by atoms with Crippen molar-refractivity contribution in [1.29, 1.82) is 0 Å². The van der Waals surface area contributed by atoms with Crippen LogP contribution in [0.5, 0.6) is 0 Å². The van der Waals surface area contributed by atoms with Crippen molar-refractivity contribution in [1.82, 2.24) is 15.5 Å². The topological polar surface area (TPSA) is 53.6 Å². The largest absolute Gasteiger partial charge is 0.444 e. The van der Waals surface area contributed by atoms with Crippen molar-refractivity contribution in [3.8, 4) is 0 Å². The first kappa shape index (κ1) is 18.2. The molecule has 2 N–H and O–H groups in total. The summed E-state index contributed by atoms with van der Waals surface area (Å²) in [5, 5.41) is 6.58. The Kier molecular flexibility index (Phi) is 6.94. The molecule has 1 aliphatic heterocycles. The Morgan fingerprint density at radius 2 is 2.05 bits per heavy atom. The lowest BCUT2D eigenvalue weighted by molar-refractivity contribution is 0.0517. The van der Waals surface area contributed by atoms with E-state index in [0.29, 0.717) is 18.5 Å². The van der Waals surface area contributed by atoms with E-state index in [1.807, 2.05) is 20.8 Å². The van der Waals surface area contributed by atoms with Crippen molar-refractivity contribution < 1.29 is 9.53 Å². The summed E-state index contributed by atoms with van der Waals surface area (Å²) in [4.78, 5) is 14.1. The molecule has 5 heteroatoms. The van der Waals surface area contributed by atoms with E-state index in [9.17, 15) is 4.79 Å². The van der Waals surface area contributed by atoms with E-state index in [-0.39, 0.29) is 12.1 Å². The lowest BCUT2D eigenvalue weighted by atomic mass is 10.00. The van der Waals surface area contributed by atoms with Crippen LogP contribution in [0, 0.1) is 5.92 Å². The van der Waals surface area contributed by atoms with E-state index in [1.54, 1.807) is 0 Å². The quantitative estimate of drug-likeness (QED) is 0.817. The van der Waals surface area contributed by atoms with Gasteiger partial charge in [-0.05, 0) is 53.1 Å². The summed E-state index contributed by atoms with van der Waals surface area (Å²) < 4.78 is 5.29. The smallest absolute Gasteiger partial charge is 0.407 e. The van der Waals surface area contributed by atoms with E-state index in [1.165, 1.54) is 19.4 Å². The van der Waals surface area contributed by atoms with Crippen LogP contribution in [-0.4, -0.2) is 55.4 Å². The van der Waals surface area contributed by atoms with Crippen LogP contribution in [0.1, 0.15) is 47.5 Å². The highest BCUT2D eigenvalue weighted by Gasteiger charge is 2.23. The van der Waals surface area contributed by atoms with Gasteiger partial charge in [0.25, 0.3) is 0 Å². The molecule has 21 heavy (non-hydrogen) atoms. The fraction of sp³-hybridized carbons (Fsp3) is 0.938. The average Bonchev–Trinajstić information content (AvgIpc) is 2.32. The maximum Gasteiger partial charge on any atom is 0.407 e. The van der Waals surface area contributed by atoms with Gasteiger partial charge in [0.15, 0.2) is 0 Å². The second-order valence-electron chi connectivity index (χ2n) is 7.50. The molecule has 0 aromatic heterocycles. The minimum Gasteiger partial charge on any atom is -0.444 e. The molecule has 0 spiro atoms. The summed E-state index contributed by atoms with van der Waals surface area (Å²) in [6.07, 6.45) is 2.11. The Balaban J connectivity index is 2.41. The van der Waals surface area contributed by atoms with Crippen LogP contribution in [0.25, 0.3) is 0 Å². The predicted octanol–water partition coefficient (Wildman–Crippen LogP) is 2.22. The SMILES string of the molecule is CC(C)C(CNC(=O)OC(C)(C)C)NC1CCCN(C)C1. The molecule has 2 atom stereocenters. The van der Waals surface area contributed by atoms with Gasteiger partial charge in [-0.15, -0.1) is 0 Å². The summed E-state index contributed by atoms with van der Waals surface area (Å²) in [7, 11) is 2.16. The normalized spacial score (nSPS) is 22.1. The highest BCUT2D eigenvalue weighted by molar-refractivity contribution is 5.67. The van der Waals surface area contributed by atoms with Crippen molar-refractivity contribution in [2.24, 2.45) is 5.92 Å². The van der Waals surface area contributed by atoms with Gasteiger partial charge in [-0.25, -0.2) is 4.79 Å². The number of rotatable bonds is 5. The van der Waals surface area contributed by atoms with Gasteiger partial charge in [0, 0.05) is 25.2 Å². The molecule has 1 saturated heterocycles. The molecule has 0 aliphatic carbocycles. The molecule has 1 fully saturated rings. The van der Waals surface area contributed by atoms with Gasteiger partial charge >= 0.3 is 6.09 Å². The number of hydrogen-bond donors (Lipinski definition) is 2. The highest BCUT2D eigenvalue weighted by atomic mass is 16.6. The molecule has 2 unspecified atom stereocenters. The van der Waals surface area contributed by atoms with Gasteiger partial charge in [0.2, 0.25) is 0 Å². The molecule has 1 aliphatic rings. The summed E-state index contributed by atoms with van der Waals surface area (Å²) in [5.41, 5.74) is -0.447. The molecule has 1 amide bonds. The fourth-order valence-electron chi connectivity index (χ4n) is 2.60. The molecule has 0 bridgehead atoms. The van der Waals surface area contributed by atoms with Crippen LogP contribution in [0.4, 0.5) is 4.79 Å². The first-order valence-electron chi connectivity index (χ1n) is 8.09. The maximum absolute atomic E-state index is 11.8. The van der Waals surface area contributed by atoms with Gasteiger partial charge in [-0.2, -0.15) is 0 Å². The maximum atomic E-state index is 11.8. The molecule has 0 aromatic carbocycles. The van der Waals surface area contributed by atoms with E-state index in [0.717, 1.165) is 6.54 Å². The number of amides is 1. The van der Waals surface area contributed by atoms with Crippen LogP contribution < -0.4 is 10.6 Å². The Morgan fingerprint density at radius 1 is 1.38 bits per heavy atom. The van der Waals surface area contributed by atoms with Crippen molar-refractivity contribution in [2.75, 3.05) is 26.7 Å². The second-order valence-corrected chi connectivity index (χ2v) is 7.50. The third-order valence-electron chi connectivity index (χ3n) is 3.74. The number of likely N-dealkylation sites (N-methyl/N-ethyl adjacent to an activating group) is 1. The lowest BCUT2D eigenvalue weighted by Crippen LogP contribution is -2.53. The lowest BCUT2D eigenvalue weighted by Gasteiger charge is -2.34. The summed E-state index contributed by atoms with van der Waals surface area (Å²) >= 11 is 0. The Morgan fingerprint density at radius 3 is 2.57 bits per heavy atom. The Bertz CT molecular complexity index is 326. The third-order valence-corrected chi connectivity index (χ3v) is 3.74. The van der Waals surface area contributed by atoms with E-state index >= 15 is 0 Å². The monoisotopic (exact) mass is 299 g/mol. The van der Waals surface area contributed by atoms with Gasteiger partial charge in [0.1, 0.15) is 5.60 Å². The first-order chi connectivity index (χ1) is 9.67. The molecule has 1 heterocycles. The molecule has 0 radical (unpaired) electrons. The number of carbonyl (C=O) groups is 1. The Labute approximate surface area is 129 Å². The van der Waals surface area contributed by atoms with Gasteiger partial charge in [-0.1, -0.05) is 13.8 Å². The molecule has 124 valence electrons. The van der Waals surface area contributed by atoms with Crippen LogP contribution in [-0.2, 0) is 4.74 Å². The minimum atomic E-state index is -0.447. The van der Waals surface area contributed by atoms with Crippen molar-refractivity contribution in [2.45, 2.75) is 65.1 Å². The number of piperidine rings is 1. The third kappa shape index (κ3) is 7.67.